The van der Waals surface area contributed by atoms with Crippen LogP contribution in [0.5, 0.6) is 0 Å². The molecular formula is C17H35O6Zr-. The molecule has 0 aromatic carbocycles. The minimum absolute atomic E-state index is 0. The van der Waals surface area contributed by atoms with Gasteiger partial charge in [-0.25, -0.2) is 0 Å². The van der Waals surface area contributed by atoms with Gasteiger partial charge < -0.3 is 25.2 Å². The normalized spacial score (nSPS) is 11.2. The van der Waals surface area contributed by atoms with Gasteiger partial charge in [0.25, 0.3) is 0 Å². The summed E-state index contributed by atoms with van der Waals surface area (Å²) in [5.41, 5.74) is -1.96. The molecule has 0 rings (SSSR count). The zero-order chi connectivity index (χ0) is 19.6. The number of carbonyl (C=O) groups excluding carboxylic acids is 2. The Kier molecular flexibility index (Phi) is 18.9. The van der Waals surface area contributed by atoms with E-state index in [9.17, 15) is 9.59 Å². The van der Waals surface area contributed by atoms with Gasteiger partial charge in [-0.3, -0.25) is 4.79 Å². The number of rotatable bonds is 4. The average molecular weight is 427 g/mol. The average Bonchev–Trinajstić information content (AvgIpc) is 2.25. The van der Waals surface area contributed by atoms with Gasteiger partial charge in [0.15, 0.2) is 0 Å². The van der Waals surface area contributed by atoms with Crippen molar-refractivity contribution in [3.05, 3.63) is 6.29 Å². The molecule has 144 valence electrons. The van der Waals surface area contributed by atoms with Crippen LogP contribution in [0.15, 0.2) is 0 Å². The van der Waals surface area contributed by atoms with Crippen molar-refractivity contribution < 1.29 is 56.2 Å². The molecule has 6 nitrogen and oxygen atoms in total. The number of hydrogen-bond donors (Lipinski definition) is 4. The van der Waals surface area contributed by atoms with Crippen molar-refractivity contribution in [1.82, 2.24) is 0 Å². The Bertz CT molecular complexity index is 332. The van der Waals surface area contributed by atoms with E-state index in [-0.39, 0.29) is 50.6 Å². The molecule has 0 atom stereocenters. The van der Waals surface area contributed by atoms with E-state index in [1.54, 1.807) is 48.5 Å². The molecule has 0 amide bonds. The van der Waals surface area contributed by atoms with Crippen molar-refractivity contribution in [2.45, 2.75) is 80.9 Å². The summed E-state index contributed by atoms with van der Waals surface area (Å²) in [6.45, 7) is 14.8. The molecule has 0 aromatic heterocycles. The minimum Gasteiger partial charge on any atom is -0.535 e. The van der Waals surface area contributed by atoms with Crippen LogP contribution >= 0.6 is 0 Å². The number of aliphatic hydroxyl groups excluding tert-OH is 3. The van der Waals surface area contributed by atoms with Gasteiger partial charge in [0.1, 0.15) is 11.6 Å². The van der Waals surface area contributed by atoms with Crippen LogP contribution in [0.3, 0.4) is 0 Å². The predicted octanol–water partition coefficient (Wildman–Crippen LogP) is 2.59. The molecule has 0 bridgehead atoms. The number of carbonyl (C=O) groups is 2. The van der Waals surface area contributed by atoms with Crippen LogP contribution in [0.2, 0.25) is 0 Å². The van der Waals surface area contributed by atoms with Gasteiger partial charge in [-0.15, -0.1) is 0 Å². The van der Waals surface area contributed by atoms with Crippen LogP contribution in [0, 0.1) is 17.1 Å². The smallest absolute Gasteiger partial charge is 0.145 e. The van der Waals surface area contributed by atoms with Gasteiger partial charge in [-0.05, 0) is 27.7 Å². The van der Waals surface area contributed by atoms with Crippen molar-refractivity contribution in [3.8, 4) is 0 Å². The molecule has 0 aliphatic carbocycles. The standard InChI is InChI=1S/C11H19O4.2C3H8O.Zr/c1-10(2,3)7(12)6-8(13)11(4,5)9(14)15;2*1-3(2)4;/h14-15H,6H2,1-5H3;2*3-4H,1-2H3;/q-1;;;. The molecule has 0 aliphatic rings. The van der Waals surface area contributed by atoms with Gasteiger partial charge in [0.05, 0.1) is 6.42 Å². The maximum absolute atomic E-state index is 11.6. The number of ketones is 2. The van der Waals surface area contributed by atoms with Gasteiger partial charge in [0.2, 0.25) is 0 Å². The Labute approximate surface area is 165 Å². The van der Waals surface area contributed by atoms with E-state index in [1.165, 1.54) is 13.8 Å². The molecule has 0 unspecified atom stereocenters. The first-order valence-electron chi connectivity index (χ1n) is 7.64. The van der Waals surface area contributed by atoms with Gasteiger partial charge in [0, 0.05) is 43.8 Å². The van der Waals surface area contributed by atoms with Crippen molar-refractivity contribution >= 4 is 11.6 Å². The zero-order valence-electron chi connectivity index (χ0n) is 16.5. The SMILES string of the molecule is CC(C)(C)C(=O)CC(=O)C(C)(C)[C-](O)O.CC(C)O.CC(C)O.[Zr]. The maximum Gasteiger partial charge on any atom is 0.145 e. The second-order valence-corrected chi connectivity index (χ2v) is 7.41. The van der Waals surface area contributed by atoms with Gasteiger partial charge in [-0.2, -0.15) is 0 Å². The van der Waals surface area contributed by atoms with Crippen LogP contribution in [-0.4, -0.2) is 44.2 Å². The molecule has 0 spiro atoms. The van der Waals surface area contributed by atoms with Gasteiger partial charge in [-0.1, -0.05) is 46.3 Å². The molecule has 0 aromatic rings. The summed E-state index contributed by atoms with van der Waals surface area (Å²) in [7, 11) is 0. The fourth-order valence-electron chi connectivity index (χ4n) is 0.757. The van der Waals surface area contributed by atoms with Crippen LogP contribution in [0.25, 0.3) is 0 Å². The molecule has 7 heteroatoms. The Morgan fingerprint density at radius 3 is 1.25 bits per heavy atom. The van der Waals surface area contributed by atoms with Crippen molar-refractivity contribution in [2.75, 3.05) is 0 Å². The summed E-state index contributed by atoms with van der Waals surface area (Å²) in [4.78, 5) is 23.2. The third-order valence-electron chi connectivity index (χ3n) is 2.41. The predicted molar refractivity (Wildman–Crippen MR) is 89.7 cm³/mol. The monoisotopic (exact) mass is 425 g/mol. The van der Waals surface area contributed by atoms with E-state index in [1.807, 2.05) is 0 Å². The fraction of sp³-hybridized carbons (Fsp3) is 0.824. The summed E-state index contributed by atoms with van der Waals surface area (Å²) < 4.78 is 0. The molecule has 0 radical (unpaired) electrons. The molecule has 0 fully saturated rings. The fourth-order valence-corrected chi connectivity index (χ4v) is 0.757. The molecule has 0 heterocycles. The molecule has 0 aliphatic heterocycles. The third-order valence-corrected chi connectivity index (χ3v) is 2.41. The van der Waals surface area contributed by atoms with E-state index < -0.39 is 22.9 Å². The van der Waals surface area contributed by atoms with Crippen molar-refractivity contribution in [2.24, 2.45) is 10.8 Å². The summed E-state index contributed by atoms with van der Waals surface area (Å²) in [6, 6.07) is 0. The first-order chi connectivity index (χ1) is 9.96. The number of Topliss-reactive ketones (excluding diaryl/α,β-unsaturated/α-hetero) is 2. The van der Waals surface area contributed by atoms with E-state index in [0.29, 0.717) is 0 Å². The molecule has 24 heavy (non-hydrogen) atoms. The minimum atomic E-state index is -1.37. The van der Waals surface area contributed by atoms with E-state index in [2.05, 4.69) is 0 Å². The van der Waals surface area contributed by atoms with Crippen molar-refractivity contribution in [3.63, 3.8) is 0 Å². The first kappa shape index (κ1) is 31.8. The molecule has 0 saturated carbocycles. The van der Waals surface area contributed by atoms with Crippen LogP contribution in [0.1, 0.15) is 68.7 Å². The summed E-state index contributed by atoms with van der Waals surface area (Å²) in [5.74, 6) is -0.691. The summed E-state index contributed by atoms with van der Waals surface area (Å²) >= 11 is 0. The second kappa shape index (κ2) is 14.3. The van der Waals surface area contributed by atoms with Gasteiger partial charge >= 0.3 is 0 Å². The Morgan fingerprint density at radius 2 is 1.08 bits per heavy atom. The Balaban J connectivity index is -0.000000186. The second-order valence-electron chi connectivity index (χ2n) is 7.41. The van der Waals surface area contributed by atoms with Crippen LogP contribution in [-0.2, 0) is 35.8 Å². The van der Waals surface area contributed by atoms with Crippen LogP contribution in [0.4, 0.5) is 0 Å². The zero-order valence-corrected chi connectivity index (χ0v) is 18.9. The van der Waals surface area contributed by atoms with E-state index in [4.69, 9.17) is 20.4 Å². The topological polar surface area (TPSA) is 115 Å². The summed E-state index contributed by atoms with van der Waals surface area (Å²) in [6.07, 6.45) is -1.56. The van der Waals surface area contributed by atoms with Crippen molar-refractivity contribution in [1.29, 1.82) is 0 Å². The molecule has 0 saturated heterocycles. The van der Waals surface area contributed by atoms with Crippen LogP contribution < -0.4 is 0 Å². The van der Waals surface area contributed by atoms with E-state index >= 15 is 0 Å². The summed E-state index contributed by atoms with van der Waals surface area (Å²) in [5, 5.41) is 33.9. The number of hydrogen-bond acceptors (Lipinski definition) is 6. The maximum atomic E-state index is 11.6. The Hall–Kier alpha value is 0.0631. The largest absolute Gasteiger partial charge is 0.535 e. The first-order valence-corrected chi connectivity index (χ1v) is 7.64. The molecule has 4 N–H and O–H groups in total. The Morgan fingerprint density at radius 1 is 0.833 bits per heavy atom. The third kappa shape index (κ3) is 20.1. The molecular weight excluding hydrogens is 391 g/mol. The number of aliphatic hydroxyl groups is 4. The quantitative estimate of drug-likeness (QED) is 0.406. The van der Waals surface area contributed by atoms with E-state index in [0.717, 1.165) is 0 Å².